The maximum Gasteiger partial charge on any atom is 0.255 e. The number of Topliss-reactive ketones (excluding diaryl/α,β-unsaturated/α-hetero) is 1. The smallest absolute Gasteiger partial charge is 0.255 e. The second-order valence-corrected chi connectivity index (χ2v) is 7.25. The number of benzene rings is 2. The number of nitrogens with zero attached hydrogens (tertiary/aromatic N) is 1. The quantitative estimate of drug-likeness (QED) is 0.834. The number of fused-ring (bicyclic) bond motifs is 1. The van der Waals surface area contributed by atoms with Gasteiger partial charge in [0.25, 0.3) is 5.91 Å². The molecule has 2 heterocycles. The Bertz CT molecular complexity index is 836. The van der Waals surface area contributed by atoms with Gasteiger partial charge in [0.1, 0.15) is 5.92 Å². The molecule has 2 N–H and O–H groups in total. The molecule has 0 aliphatic carbocycles. The van der Waals surface area contributed by atoms with E-state index in [4.69, 9.17) is 0 Å². The van der Waals surface area contributed by atoms with E-state index < -0.39 is 5.92 Å². The lowest BCUT2D eigenvalue weighted by molar-refractivity contribution is -0.136. The summed E-state index contributed by atoms with van der Waals surface area (Å²) in [5.74, 6) is -1.04. The largest absolute Gasteiger partial charge is 0.298 e. The van der Waals surface area contributed by atoms with Crippen LogP contribution < -0.4 is 15.8 Å². The molecule has 0 spiro atoms. The standard InChI is InChI=1S/C21H23N3O2/c1-13-7-6-8-15(11-13)12-17-14(2)22-20-18(19(17)25)21(26)24(23-20)16-9-4-3-5-10-16/h3-11,14,17-18,20,22-23H,12H2,1-2H3. The molecule has 2 aliphatic rings. The maximum absolute atomic E-state index is 13.2. The molecule has 134 valence electrons. The molecule has 4 unspecified atom stereocenters. The van der Waals surface area contributed by atoms with E-state index in [-0.39, 0.29) is 29.8 Å². The summed E-state index contributed by atoms with van der Waals surface area (Å²) in [6.07, 6.45) is 0.301. The van der Waals surface area contributed by atoms with Crippen LogP contribution in [0.1, 0.15) is 18.1 Å². The van der Waals surface area contributed by atoms with Gasteiger partial charge in [0, 0.05) is 12.0 Å². The van der Waals surface area contributed by atoms with Crippen molar-refractivity contribution in [2.24, 2.45) is 11.8 Å². The zero-order valence-electron chi connectivity index (χ0n) is 15.0. The van der Waals surface area contributed by atoms with E-state index in [1.54, 1.807) is 0 Å². The first-order valence-electron chi connectivity index (χ1n) is 9.05. The predicted molar refractivity (Wildman–Crippen MR) is 100 cm³/mol. The summed E-state index contributed by atoms with van der Waals surface area (Å²) in [5, 5.41) is 4.93. The summed E-state index contributed by atoms with van der Waals surface area (Å²) in [4.78, 5) is 26.1. The molecule has 0 aromatic heterocycles. The van der Waals surface area contributed by atoms with Crippen molar-refractivity contribution >= 4 is 17.4 Å². The zero-order valence-corrected chi connectivity index (χ0v) is 15.0. The molecule has 4 rings (SSSR count). The van der Waals surface area contributed by atoms with Crippen molar-refractivity contribution in [2.45, 2.75) is 32.5 Å². The lowest BCUT2D eigenvalue weighted by atomic mass is 9.78. The van der Waals surface area contributed by atoms with Gasteiger partial charge in [-0.15, -0.1) is 0 Å². The van der Waals surface area contributed by atoms with Gasteiger partial charge in [0.2, 0.25) is 0 Å². The number of aryl methyl sites for hydroxylation is 1. The number of piperidine rings is 1. The Morgan fingerprint density at radius 2 is 1.81 bits per heavy atom. The molecule has 2 aliphatic heterocycles. The minimum atomic E-state index is -0.679. The summed E-state index contributed by atoms with van der Waals surface area (Å²) in [7, 11) is 0. The summed E-state index contributed by atoms with van der Waals surface area (Å²) in [5.41, 5.74) is 6.23. The normalized spacial score (nSPS) is 28.3. The Balaban J connectivity index is 1.57. The van der Waals surface area contributed by atoms with E-state index in [9.17, 15) is 9.59 Å². The van der Waals surface area contributed by atoms with E-state index in [0.717, 1.165) is 11.3 Å². The number of para-hydroxylation sites is 1. The van der Waals surface area contributed by atoms with Crippen LogP contribution in [0.3, 0.4) is 0 Å². The molecular weight excluding hydrogens is 326 g/mol. The lowest BCUT2D eigenvalue weighted by Crippen LogP contribution is -2.59. The van der Waals surface area contributed by atoms with Crippen molar-refractivity contribution in [3.8, 4) is 0 Å². The van der Waals surface area contributed by atoms with E-state index >= 15 is 0 Å². The highest BCUT2D eigenvalue weighted by atomic mass is 16.2. The van der Waals surface area contributed by atoms with E-state index in [0.29, 0.717) is 6.42 Å². The summed E-state index contributed by atoms with van der Waals surface area (Å²) >= 11 is 0. The second-order valence-electron chi connectivity index (χ2n) is 7.25. The van der Waals surface area contributed by atoms with Crippen LogP contribution in [-0.2, 0) is 16.0 Å². The molecule has 2 fully saturated rings. The summed E-state index contributed by atoms with van der Waals surface area (Å²) < 4.78 is 0. The number of hydrogen-bond acceptors (Lipinski definition) is 4. The molecule has 2 aromatic rings. The van der Waals surface area contributed by atoms with Crippen LogP contribution in [-0.4, -0.2) is 23.9 Å². The molecular formula is C21H23N3O2. The van der Waals surface area contributed by atoms with Crippen LogP contribution in [0.15, 0.2) is 54.6 Å². The average molecular weight is 349 g/mol. The molecule has 5 heteroatoms. The van der Waals surface area contributed by atoms with Crippen LogP contribution in [0.5, 0.6) is 0 Å². The Morgan fingerprint density at radius 3 is 2.54 bits per heavy atom. The van der Waals surface area contributed by atoms with E-state index in [1.807, 2.05) is 62.4 Å². The van der Waals surface area contributed by atoms with Gasteiger partial charge in [0.05, 0.1) is 11.9 Å². The molecule has 2 saturated heterocycles. The van der Waals surface area contributed by atoms with Crippen LogP contribution in [0.2, 0.25) is 0 Å². The minimum absolute atomic E-state index is 0.000264. The van der Waals surface area contributed by atoms with Crippen LogP contribution >= 0.6 is 0 Å². The minimum Gasteiger partial charge on any atom is -0.298 e. The molecule has 0 saturated carbocycles. The fourth-order valence-corrected chi connectivity index (χ4v) is 4.00. The molecule has 2 aromatic carbocycles. The number of carbonyl (C=O) groups is 2. The van der Waals surface area contributed by atoms with Gasteiger partial charge < -0.3 is 0 Å². The Hall–Kier alpha value is -2.50. The lowest BCUT2D eigenvalue weighted by Gasteiger charge is -2.35. The van der Waals surface area contributed by atoms with Crippen LogP contribution in [0.4, 0.5) is 5.69 Å². The van der Waals surface area contributed by atoms with Gasteiger partial charge in [0.15, 0.2) is 5.78 Å². The number of amides is 1. The summed E-state index contributed by atoms with van der Waals surface area (Å²) in [6.45, 7) is 4.07. The zero-order chi connectivity index (χ0) is 18.3. The van der Waals surface area contributed by atoms with Crippen molar-refractivity contribution in [1.29, 1.82) is 0 Å². The Kier molecular flexibility index (Phi) is 4.34. The Labute approximate surface area is 153 Å². The third kappa shape index (κ3) is 2.93. The van der Waals surface area contributed by atoms with Crippen LogP contribution in [0, 0.1) is 18.8 Å². The van der Waals surface area contributed by atoms with Crippen LogP contribution in [0.25, 0.3) is 0 Å². The van der Waals surface area contributed by atoms with Crippen molar-refractivity contribution in [3.63, 3.8) is 0 Å². The molecule has 4 atom stereocenters. The predicted octanol–water partition coefficient (Wildman–Crippen LogP) is 2.21. The van der Waals surface area contributed by atoms with Gasteiger partial charge in [-0.05, 0) is 38.0 Å². The first-order valence-corrected chi connectivity index (χ1v) is 9.05. The second kappa shape index (κ2) is 6.67. The number of rotatable bonds is 3. The molecule has 5 nitrogen and oxygen atoms in total. The number of carbonyl (C=O) groups excluding carboxylic acids is 2. The van der Waals surface area contributed by atoms with Gasteiger partial charge >= 0.3 is 0 Å². The number of anilines is 1. The van der Waals surface area contributed by atoms with E-state index in [2.05, 4.69) is 16.8 Å². The Morgan fingerprint density at radius 1 is 1.04 bits per heavy atom. The molecule has 26 heavy (non-hydrogen) atoms. The van der Waals surface area contributed by atoms with E-state index in [1.165, 1.54) is 10.6 Å². The first-order chi connectivity index (χ1) is 12.5. The van der Waals surface area contributed by atoms with Crippen molar-refractivity contribution in [3.05, 3.63) is 65.7 Å². The van der Waals surface area contributed by atoms with Gasteiger partial charge in [-0.25, -0.2) is 10.4 Å². The van der Waals surface area contributed by atoms with Gasteiger partial charge in [-0.1, -0.05) is 48.0 Å². The SMILES string of the molecule is Cc1cccc(CC2C(=O)C3C(=O)N(c4ccccc4)NC3NC2C)c1. The van der Waals surface area contributed by atoms with Gasteiger partial charge in [-0.2, -0.15) is 0 Å². The fraction of sp³-hybridized carbons (Fsp3) is 0.333. The highest BCUT2D eigenvalue weighted by Crippen LogP contribution is 2.31. The highest BCUT2D eigenvalue weighted by molar-refractivity contribution is 6.11. The monoisotopic (exact) mass is 349 g/mol. The van der Waals surface area contributed by atoms with Crippen molar-refractivity contribution < 1.29 is 9.59 Å². The highest BCUT2D eigenvalue weighted by Gasteiger charge is 2.52. The molecule has 1 amide bonds. The number of hydrazine groups is 1. The summed E-state index contributed by atoms with van der Waals surface area (Å²) in [6, 6.07) is 17.6. The van der Waals surface area contributed by atoms with Gasteiger partial charge in [-0.3, -0.25) is 14.9 Å². The molecule has 0 radical (unpaired) electrons. The van der Waals surface area contributed by atoms with Crippen molar-refractivity contribution in [2.75, 3.05) is 5.01 Å². The molecule has 0 bridgehead atoms. The van der Waals surface area contributed by atoms with Crippen molar-refractivity contribution in [1.82, 2.24) is 10.7 Å². The number of nitrogens with one attached hydrogen (secondary N) is 2. The third-order valence-corrected chi connectivity index (χ3v) is 5.36. The third-order valence-electron chi connectivity index (χ3n) is 5.36. The number of ketones is 1. The first kappa shape index (κ1) is 16.9. The topological polar surface area (TPSA) is 61.4 Å². The maximum atomic E-state index is 13.2. The fourth-order valence-electron chi connectivity index (χ4n) is 4.00. The number of hydrogen-bond donors (Lipinski definition) is 2. The average Bonchev–Trinajstić information content (AvgIpc) is 2.96.